The number of benzene rings is 1. The minimum atomic E-state index is -4.38. The molecule has 1 aromatic carbocycles. The third kappa shape index (κ3) is 3.67. The number of pyridine rings is 1. The molecule has 29 heavy (non-hydrogen) atoms. The Bertz CT molecular complexity index is 1090. The Kier molecular flexibility index (Phi) is 4.52. The Labute approximate surface area is 164 Å². The maximum absolute atomic E-state index is 12.9. The van der Waals surface area contributed by atoms with E-state index in [-0.39, 0.29) is 12.5 Å². The van der Waals surface area contributed by atoms with Gasteiger partial charge in [0.15, 0.2) is 0 Å². The van der Waals surface area contributed by atoms with Crippen LogP contribution in [0.5, 0.6) is 5.75 Å². The summed E-state index contributed by atoms with van der Waals surface area (Å²) in [6.45, 7) is 0.780. The molecule has 3 heterocycles. The predicted molar refractivity (Wildman–Crippen MR) is 99.8 cm³/mol. The standard InChI is InChI=1S/C20H17F3N4O2/c1-12-6-16(13-4-3-5-15(7-13)29-2)25-17-10-27(19(28)18(12)17)14-8-24-26(9-14)11-20(21,22)23/h3-9H,10-11H2,1-2H3. The van der Waals surface area contributed by atoms with Crippen molar-refractivity contribution in [1.82, 2.24) is 14.8 Å². The number of amides is 1. The van der Waals surface area contributed by atoms with Gasteiger partial charge in [-0.15, -0.1) is 0 Å². The normalized spacial score (nSPS) is 13.7. The summed E-state index contributed by atoms with van der Waals surface area (Å²) < 4.78 is 43.7. The van der Waals surface area contributed by atoms with Crippen LogP contribution in [-0.2, 0) is 13.1 Å². The number of fused-ring (bicyclic) bond motifs is 1. The molecule has 0 fully saturated rings. The molecular formula is C20H17F3N4O2. The van der Waals surface area contributed by atoms with Crippen molar-refractivity contribution in [2.45, 2.75) is 26.2 Å². The molecule has 150 valence electrons. The summed E-state index contributed by atoms with van der Waals surface area (Å²) in [4.78, 5) is 18.9. The molecule has 0 bridgehead atoms. The van der Waals surface area contributed by atoms with E-state index in [1.165, 1.54) is 17.3 Å². The van der Waals surface area contributed by atoms with Crippen molar-refractivity contribution in [3.8, 4) is 17.0 Å². The molecule has 0 spiro atoms. The number of rotatable bonds is 4. The van der Waals surface area contributed by atoms with Gasteiger partial charge in [-0.25, -0.2) is 0 Å². The van der Waals surface area contributed by atoms with Gasteiger partial charge in [-0.3, -0.25) is 19.4 Å². The lowest BCUT2D eigenvalue weighted by Crippen LogP contribution is -2.23. The van der Waals surface area contributed by atoms with Crippen molar-refractivity contribution in [2.75, 3.05) is 12.0 Å². The minimum absolute atomic E-state index is 0.171. The number of hydrogen-bond donors (Lipinski definition) is 0. The van der Waals surface area contributed by atoms with Gasteiger partial charge in [-0.05, 0) is 30.7 Å². The van der Waals surface area contributed by atoms with E-state index in [0.717, 1.165) is 15.8 Å². The second-order valence-electron chi connectivity index (χ2n) is 6.78. The van der Waals surface area contributed by atoms with E-state index in [1.54, 1.807) is 7.11 Å². The summed E-state index contributed by atoms with van der Waals surface area (Å²) >= 11 is 0. The predicted octanol–water partition coefficient (Wildman–Crippen LogP) is 3.98. The molecule has 0 radical (unpaired) electrons. The zero-order valence-electron chi connectivity index (χ0n) is 15.7. The molecule has 0 saturated heterocycles. The van der Waals surface area contributed by atoms with Crippen molar-refractivity contribution in [1.29, 1.82) is 0 Å². The van der Waals surface area contributed by atoms with Crippen LogP contribution in [0.25, 0.3) is 11.3 Å². The molecule has 0 unspecified atom stereocenters. The van der Waals surface area contributed by atoms with E-state index in [0.29, 0.717) is 28.4 Å². The second-order valence-corrected chi connectivity index (χ2v) is 6.78. The van der Waals surface area contributed by atoms with Gasteiger partial charge in [-0.2, -0.15) is 18.3 Å². The first-order chi connectivity index (χ1) is 13.7. The first kappa shape index (κ1) is 19.0. The van der Waals surface area contributed by atoms with Crippen LogP contribution in [0.3, 0.4) is 0 Å². The smallest absolute Gasteiger partial charge is 0.408 e. The summed E-state index contributed by atoms with van der Waals surface area (Å²) in [5.74, 6) is 0.394. The van der Waals surface area contributed by atoms with Gasteiger partial charge < -0.3 is 4.74 Å². The lowest BCUT2D eigenvalue weighted by molar-refractivity contribution is -0.142. The van der Waals surface area contributed by atoms with E-state index in [4.69, 9.17) is 4.74 Å². The lowest BCUT2D eigenvalue weighted by Gasteiger charge is -2.12. The van der Waals surface area contributed by atoms with Crippen LogP contribution in [0.2, 0.25) is 0 Å². The topological polar surface area (TPSA) is 60.2 Å². The van der Waals surface area contributed by atoms with Crippen LogP contribution >= 0.6 is 0 Å². The molecular weight excluding hydrogens is 385 g/mol. The number of anilines is 1. The average molecular weight is 402 g/mol. The van der Waals surface area contributed by atoms with Crippen LogP contribution in [0.4, 0.5) is 18.9 Å². The zero-order valence-corrected chi connectivity index (χ0v) is 15.7. The number of hydrogen-bond acceptors (Lipinski definition) is 4. The average Bonchev–Trinajstić information content (AvgIpc) is 3.24. The third-order valence-electron chi connectivity index (χ3n) is 4.70. The van der Waals surface area contributed by atoms with Crippen LogP contribution < -0.4 is 9.64 Å². The summed E-state index contributed by atoms with van der Waals surface area (Å²) in [6.07, 6.45) is -1.91. The highest BCUT2D eigenvalue weighted by molar-refractivity contribution is 6.10. The fourth-order valence-corrected chi connectivity index (χ4v) is 3.40. The van der Waals surface area contributed by atoms with Crippen molar-refractivity contribution in [3.63, 3.8) is 0 Å². The second kappa shape index (κ2) is 6.91. The number of aryl methyl sites for hydroxylation is 1. The molecule has 1 amide bonds. The molecule has 3 aromatic rings. The molecule has 4 rings (SSSR count). The number of methoxy groups -OCH3 is 1. The van der Waals surface area contributed by atoms with E-state index in [1.807, 2.05) is 37.3 Å². The summed E-state index contributed by atoms with van der Waals surface area (Å²) in [5.41, 5.74) is 3.65. The third-order valence-corrected chi connectivity index (χ3v) is 4.70. The van der Waals surface area contributed by atoms with Crippen molar-refractivity contribution in [2.24, 2.45) is 0 Å². The quantitative estimate of drug-likeness (QED) is 0.662. The molecule has 1 aliphatic heterocycles. The largest absolute Gasteiger partial charge is 0.497 e. The number of nitrogens with zero attached hydrogens (tertiary/aromatic N) is 4. The van der Waals surface area contributed by atoms with Gasteiger partial charge in [-0.1, -0.05) is 12.1 Å². The Morgan fingerprint density at radius 3 is 2.76 bits per heavy atom. The molecule has 9 heteroatoms. The SMILES string of the molecule is COc1cccc(-c2cc(C)c3c(n2)CN(c2cnn(CC(F)(F)F)c2)C3=O)c1. The molecule has 0 atom stereocenters. The van der Waals surface area contributed by atoms with Gasteiger partial charge in [0.1, 0.15) is 12.3 Å². The summed E-state index contributed by atoms with van der Waals surface area (Å²) in [5, 5.41) is 3.72. The van der Waals surface area contributed by atoms with Gasteiger partial charge >= 0.3 is 6.18 Å². The number of carbonyl (C=O) groups excluding carboxylic acids is 1. The maximum atomic E-state index is 12.9. The van der Waals surface area contributed by atoms with E-state index < -0.39 is 12.7 Å². The highest BCUT2D eigenvalue weighted by Crippen LogP contribution is 2.32. The van der Waals surface area contributed by atoms with Crippen LogP contribution in [-0.4, -0.2) is 34.0 Å². The fourth-order valence-electron chi connectivity index (χ4n) is 3.40. The fraction of sp³-hybridized carbons (Fsp3) is 0.250. The van der Waals surface area contributed by atoms with Gasteiger partial charge in [0.25, 0.3) is 5.91 Å². The van der Waals surface area contributed by atoms with Crippen LogP contribution in [0.15, 0.2) is 42.7 Å². The van der Waals surface area contributed by atoms with Crippen LogP contribution in [0.1, 0.15) is 21.6 Å². The minimum Gasteiger partial charge on any atom is -0.497 e. The number of ether oxygens (including phenoxy) is 1. The lowest BCUT2D eigenvalue weighted by atomic mass is 10.0. The van der Waals surface area contributed by atoms with Crippen LogP contribution in [0, 0.1) is 6.92 Å². The van der Waals surface area contributed by atoms with Crippen molar-refractivity contribution < 1.29 is 22.7 Å². The Morgan fingerprint density at radius 1 is 1.24 bits per heavy atom. The molecule has 0 N–H and O–H groups in total. The van der Waals surface area contributed by atoms with Gasteiger partial charge in [0.2, 0.25) is 0 Å². The molecule has 0 aliphatic carbocycles. The number of halogens is 3. The molecule has 0 saturated carbocycles. The summed E-state index contributed by atoms with van der Waals surface area (Å²) in [6, 6.07) is 9.25. The first-order valence-corrected chi connectivity index (χ1v) is 8.81. The van der Waals surface area contributed by atoms with Gasteiger partial charge in [0, 0.05) is 11.8 Å². The highest BCUT2D eigenvalue weighted by atomic mass is 19.4. The van der Waals surface area contributed by atoms with Gasteiger partial charge in [0.05, 0.1) is 42.5 Å². The summed E-state index contributed by atoms with van der Waals surface area (Å²) in [7, 11) is 1.58. The monoisotopic (exact) mass is 402 g/mol. The van der Waals surface area contributed by atoms with E-state index >= 15 is 0 Å². The maximum Gasteiger partial charge on any atom is 0.408 e. The highest BCUT2D eigenvalue weighted by Gasteiger charge is 2.34. The van der Waals surface area contributed by atoms with Crippen molar-refractivity contribution in [3.05, 3.63) is 59.5 Å². The van der Waals surface area contributed by atoms with E-state index in [2.05, 4.69) is 10.1 Å². The zero-order chi connectivity index (χ0) is 20.8. The Morgan fingerprint density at radius 2 is 2.03 bits per heavy atom. The number of alkyl halides is 3. The van der Waals surface area contributed by atoms with E-state index in [9.17, 15) is 18.0 Å². The molecule has 1 aliphatic rings. The number of carbonyl (C=O) groups is 1. The first-order valence-electron chi connectivity index (χ1n) is 8.81. The molecule has 2 aromatic heterocycles. The Hall–Kier alpha value is -3.36. The Balaban J connectivity index is 1.65. The molecule has 6 nitrogen and oxygen atoms in total. The number of aromatic nitrogens is 3. The van der Waals surface area contributed by atoms with Crippen molar-refractivity contribution >= 4 is 11.6 Å².